The maximum atomic E-state index is 12.8. The monoisotopic (exact) mass is 395 g/mol. The first-order valence-electron chi connectivity index (χ1n) is 9.11. The molecule has 1 atom stereocenters. The molecule has 1 aliphatic heterocycles. The lowest BCUT2D eigenvalue weighted by Crippen LogP contribution is -2.38. The predicted molar refractivity (Wildman–Crippen MR) is 111 cm³/mol. The van der Waals surface area contributed by atoms with Crippen molar-refractivity contribution in [1.29, 1.82) is 0 Å². The van der Waals surface area contributed by atoms with Gasteiger partial charge in [-0.05, 0) is 69.8 Å². The Labute approximate surface area is 167 Å². The summed E-state index contributed by atoms with van der Waals surface area (Å²) < 4.78 is 0. The number of nitrogens with one attached hydrogen (secondary N) is 2. The summed E-state index contributed by atoms with van der Waals surface area (Å²) in [7, 11) is 0. The fourth-order valence-electron chi connectivity index (χ4n) is 3.57. The summed E-state index contributed by atoms with van der Waals surface area (Å²) in [5.41, 5.74) is 3.97. The van der Waals surface area contributed by atoms with Crippen LogP contribution in [0.4, 0.5) is 0 Å². The molecule has 1 aromatic carbocycles. The molecular weight excluding hydrogens is 369 g/mol. The molecule has 4 nitrogen and oxygen atoms in total. The Hall–Kier alpha value is -1.36. The zero-order valence-electron chi connectivity index (χ0n) is 15.1. The van der Waals surface area contributed by atoms with E-state index < -0.39 is 0 Å². The van der Waals surface area contributed by atoms with Crippen LogP contribution in [-0.4, -0.2) is 30.5 Å². The number of carbonyl (C=O) groups is 1. The van der Waals surface area contributed by atoms with Crippen molar-refractivity contribution in [3.63, 3.8) is 0 Å². The van der Waals surface area contributed by atoms with Crippen molar-refractivity contribution >= 4 is 41.6 Å². The van der Waals surface area contributed by atoms with Crippen molar-refractivity contribution < 1.29 is 4.79 Å². The van der Waals surface area contributed by atoms with Gasteiger partial charge in [0.05, 0.1) is 11.1 Å². The Morgan fingerprint density at radius 1 is 1.23 bits per heavy atom. The lowest BCUT2D eigenvalue weighted by atomic mass is 9.99. The number of rotatable bonds is 4. The Bertz CT molecular complexity index is 771. The van der Waals surface area contributed by atoms with Gasteiger partial charge in [0.15, 0.2) is 0 Å². The van der Waals surface area contributed by atoms with E-state index >= 15 is 0 Å². The molecule has 2 aromatic rings. The highest BCUT2D eigenvalue weighted by Gasteiger charge is 2.27. The fraction of sp³-hybridized carbons (Fsp3) is 0.500. The van der Waals surface area contributed by atoms with E-state index in [-0.39, 0.29) is 30.7 Å². The highest BCUT2D eigenvalue weighted by Crippen LogP contribution is 2.40. The van der Waals surface area contributed by atoms with E-state index in [1.807, 2.05) is 12.1 Å². The van der Waals surface area contributed by atoms with Crippen molar-refractivity contribution in [2.24, 2.45) is 5.92 Å². The first-order valence-corrected chi connectivity index (χ1v) is 9.11. The van der Waals surface area contributed by atoms with Crippen LogP contribution in [0.25, 0.3) is 10.9 Å². The molecule has 1 aromatic heterocycles. The van der Waals surface area contributed by atoms with Gasteiger partial charge < -0.3 is 10.6 Å². The molecule has 2 heterocycles. The van der Waals surface area contributed by atoms with E-state index in [1.54, 1.807) is 0 Å². The molecular formula is C20H27Cl2N3O. The number of fused-ring (bicyclic) bond motifs is 1. The number of aromatic nitrogens is 1. The number of hydrogen-bond donors (Lipinski definition) is 2. The molecule has 1 amide bonds. The average Bonchev–Trinajstić information content (AvgIpc) is 3.45. The van der Waals surface area contributed by atoms with Crippen LogP contribution < -0.4 is 10.6 Å². The summed E-state index contributed by atoms with van der Waals surface area (Å²) >= 11 is 0. The van der Waals surface area contributed by atoms with Gasteiger partial charge in [-0.3, -0.25) is 9.78 Å². The van der Waals surface area contributed by atoms with Gasteiger partial charge in [0.25, 0.3) is 5.91 Å². The van der Waals surface area contributed by atoms with Gasteiger partial charge in [0.2, 0.25) is 0 Å². The SMILES string of the molecule is Cc1ccc2nc(C3CC3)cc(C(=O)NCC3CCCNC3)c2c1.Cl.Cl. The molecule has 2 N–H and O–H groups in total. The summed E-state index contributed by atoms with van der Waals surface area (Å²) in [5, 5.41) is 7.54. The maximum absolute atomic E-state index is 12.8. The predicted octanol–water partition coefficient (Wildman–Crippen LogP) is 3.99. The van der Waals surface area contributed by atoms with Crippen LogP contribution in [0.3, 0.4) is 0 Å². The number of benzene rings is 1. The average molecular weight is 396 g/mol. The number of pyridine rings is 1. The minimum atomic E-state index is 0. The molecule has 2 aliphatic rings. The van der Waals surface area contributed by atoms with Gasteiger partial charge in [0, 0.05) is 23.5 Å². The summed E-state index contributed by atoms with van der Waals surface area (Å²) in [4.78, 5) is 17.6. The van der Waals surface area contributed by atoms with Gasteiger partial charge in [0.1, 0.15) is 0 Å². The maximum Gasteiger partial charge on any atom is 0.252 e. The number of nitrogens with zero attached hydrogens (tertiary/aromatic N) is 1. The topological polar surface area (TPSA) is 54.0 Å². The second kappa shape index (κ2) is 9.03. The van der Waals surface area contributed by atoms with Crippen LogP contribution in [0, 0.1) is 12.8 Å². The first kappa shape index (κ1) is 20.9. The molecule has 1 saturated heterocycles. The molecule has 1 saturated carbocycles. The van der Waals surface area contributed by atoms with Crippen molar-refractivity contribution in [2.75, 3.05) is 19.6 Å². The molecule has 1 unspecified atom stereocenters. The zero-order chi connectivity index (χ0) is 16.5. The van der Waals surface area contributed by atoms with Crippen LogP contribution in [0.1, 0.15) is 53.2 Å². The fourth-order valence-corrected chi connectivity index (χ4v) is 3.57. The van der Waals surface area contributed by atoms with E-state index in [2.05, 4.69) is 29.7 Å². The van der Waals surface area contributed by atoms with Gasteiger partial charge in [-0.1, -0.05) is 11.6 Å². The number of halogens is 2. The molecule has 0 radical (unpaired) electrons. The van der Waals surface area contributed by atoms with E-state index in [0.29, 0.717) is 11.8 Å². The smallest absolute Gasteiger partial charge is 0.252 e. The van der Waals surface area contributed by atoms with Crippen molar-refractivity contribution in [3.05, 3.63) is 41.1 Å². The van der Waals surface area contributed by atoms with Gasteiger partial charge in [-0.25, -0.2) is 0 Å². The molecule has 0 spiro atoms. The van der Waals surface area contributed by atoms with Crippen LogP contribution in [-0.2, 0) is 0 Å². The molecule has 6 heteroatoms. The molecule has 142 valence electrons. The minimum Gasteiger partial charge on any atom is -0.352 e. The van der Waals surface area contributed by atoms with Crippen molar-refractivity contribution in [3.8, 4) is 0 Å². The highest BCUT2D eigenvalue weighted by molar-refractivity contribution is 6.06. The molecule has 2 fully saturated rings. The molecule has 1 aliphatic carbocycles. The van der Waals surface area contributed by atoms with Crippen molar-refractivity contribution in [2.45, 2.75) is 38.5 Å². The lowest BCUT2D eigenvalue weighted by molar-refractivity contribution is 0.0946. The summed E-state index contributed by atoms with van der Waals surface area (Å²) in [6, 6.07) is 8.21. The van der Waals surface area contributed by atoms with Gasteiger partial charge in [-0.2, -0.15) is 0 Å². The largest absolute Gasteiger partial charge is 0.352 e. The van der Waals surface area contributed by atoms with E-state index in [1.165, 1.54) is 25.7 Å². The second-order valence-corrected chi connectivity index (χ2v) is 7.31. The van der Waals surface area contributed by atoms with Crippen LogP contribution in [0.15, 0.2) is 24.3 Å². The molecule has 26 heavy (non-hydrogen) atoms. The Morgan fingerprint density at radius 3 is 2.73 bits per heavy atom. The third kappa shape index (κ3) is 4.67. The van der Waals surface area contributed by atoms with E-state index in [0.717, 1.165) is 47.4 Å². The van der Waals surface area contributed by atoms with E-state index in [9.17, 15) is 4.79 Å². The van der Waals surface area contributed by atoms with Crippen LogP contribution >= 0.6 is 24.8 Å². The first-order chi connectivity index (χ1) is 11.7. The standard InChI is InChI=1S/C20H25N3O.2ClH/c1-13-4-7-18-16(9-13)17(10-19(23-18)15-5-6-15)20(24)22-12-14-3-2-8-21-11-14;;/h4,7,9-10,14-15,21H,2-3,5-6,8,11-12H2,1H3,(H,22,24);2*1H. The van der Waals surface area contributed by atoms with Gasteiger partial charge in [-0.15, -0.1) is 24.8 Å². The summed E-state index contributed by atoms with van der Waals surface area (Å²) in [5.74, 6) is 1.13. The van der Waals surface area contributed by atoms with Crippen molar-refractivity contribution in [1.82, 2.24) is 15.6 Å². The highest BCUT2D eigenvalue weighted by atomic mass is 35.5. The number of amides is 1. The van der Waals surface area contributed by atoms with Crippen LogP contribution in [0.2, 0.25) is 0 Å². The Balaban J connectivity index is 0.00000121. The van der Waals surface area contributed by atoms with Gasteiger partial charge >= 0.3 is 0 Å². The normalized spacial score (nSPS) is 19.3. The van der Waals surface area contributed by atoms with E-state index in [4.69, 9.17) is 4.98 Å². The number of hydrogen-bond acceptors (Lipinski definition) is 3. The number of aryl methyl sites for hydroxylation is 1. The molecule has 0 bridgehead atoms. The zero-order valence-corrected chi connectivity index (χ0v) is 16.7. The Morgan fingerprint density at radius 2 is 2.04 bits per heavy atom. The minimum absolute atomic E-state index is 0. The second-order valence-electron chi connectivity index (χ2n) is 7.31. The summed E-state index contributed by atoms with van der Waals surface area (Å²) in [6.07, 6.45) is 4.78. The number of piperidine rings is 1. The van der Waals surface area contributed by atoms with Crippen LogP contribution in [0.5, 0.6) is 0 Å². The Kier molecular flexibility index (Phi) is 7.27. The lowest BCUT2D eigenvalue weighted by Gasteiger charge is -2.23. The third-order valence-electron chi connectivity index (χ3n) is 5.17. The number of carbonyl (C=O) groups excluding carboxylic acids is 1. The molecule has 4 rings (SSSR count). The third-order valence-corrected chi connectivity index (χ3v) is 5.17. The quantitative estimate of drug-likeness (QED) is 0.822. The summed E-state index contributed by atoms with van der Waals surface area (Å²) in [6.45, 7) is 4.91.